The van der Waals surface area contributed by atoms with Gasteiger partial charge in [-0.2, -0.15) is 0 Å². The highest BCUT2D eigenvalue weighted by molar-refractivity contribution is 5.80. The van der Waals surface area contributed by atoms with Crippen LogP contribution in [0.15, 0.2) is 36.0 Å². The summed E-state index contributed by atoms with van der Waals surface area (Å²) in [7, 11) is 0. The van der Waals surface area contributed by atoms with E-state index in [1.165, 1.54) is 161 Å². The lowest BCUT2D eigenvalue weighted by atomic mass is 9.99. The van der Waals surface area contributed by atoms with Crippen molar-refractivity contribution in [3.05, 3.63) is 36.0 Å². The SMILES string of the molecule is CCCCCCCCCC[C@H]1C[C@H]1CCCC/C=C\CCC[C@@H](O)[C@H](CO[C@@H]1O[C@H](CO)[C@H](O)[C@H](O)[C@H]1OCC=C(C)C)NC(=O)[C@H](O)CC/C=C\CCCC[C@@H]1C[C@@H]1CCCCCCCCCC. The molecule has 0 unspecified atom stereocenters. The summed E-state index contributed by atoms with van der Waals surface area (Å²) in [6.45, 7) is 7.79. The Labute approximate surface area is 422 Å². The maximum absolute atomic E-state index is 13.4. The van der Waals surface area contributed by atoms with E-state index in [4.69, 9.17) is 14.2 Å². The van der Waals surface area contributed by atoms with Crippen LogP contribution in [0.2, 0.25) is 0 Å². The van der Waals surface area contributed by atoms with E-state index >= 15 is 0 Å². The van der Waals surface area contributed by atoms with Crippen molar-refractivity contribution >= 4 is 5.91 Å². The van der Waals surface area contributed by atoms with Crippen LogP contribution in [0.1, 0.15) is 240 Å². The third kappa shape index (κ3) is 28.4. The first-order chi connectivity index (χ1) is 33.6. The fourth-order valence-corrected chi connectivity index (χ4v) is 10.4. The van der Waals surface area contributed by atoms with Crippen molar-refractivity contribution in [3.63, 3.8) is 0 Å². The molecule has 3 rings (SSSR count). The maximum atomic E-state index is 13.4. The van der Waals surface area contributed by atoms with E-state index in [0.717, 1.165) is 54.9 Å². The molecule has 0 spiro atoms. The van der Waals surface area contributed by atoms with Crippen LogP contribution in [0.5, 0.6) is 0 Å². The standard InChI is InChI=1S/C59H107NO9/c1-5-7-9-11-13-16-22-28-34-47-42-49(47)36-30-24-18-15-19-26-32-38-52(62)51(45-68-59-57(67-41-40-46(3)4)56(65)55(64)54(44-61)69-59)60-58(66)53(63)39-33-27-21-20-25-31-37-50-43-48(50)35-29-23-17-14-12-10-8-6-2/h15,19,21,27,40,47-57,59,61-65H,5-14,16-18,20,22-26,28-39,41-45H2,1-4H3,(H,60,66)/b19-15-,27-21-/t47-,48-,49+,50+,51-,52+,53+,54+,55-,56-,57+,59+/m0/s1. The number of carbonyl (C=O) groups is 1. The molecular weight excluding hydrogens is 867 g/mol. The number of amides is 1. The molecule has 0 bridgehead atoms. The van der Waals surface area contributed by atoms with Crippen molar-refractivity contribution in [1.29, 1.82) is 0 Å². The first kappa shape index (κ1) is 61.7. The van der Waals surface area contributed by atoms with Crippen LogP contribution in [0.3, 0.4) is 0 Å². The zero-order valence-electron chi connectivity index (χ0n) is 44.6. The van der Waals surface area contributed by atoms with Crippen molar-refractivity contribution < 1.29 is 44.5 Å². The lowest BCUT2D eigenvalue weighted by Crippen LogP contribution is -2.61. The second-order valence-corrected chi connectivity index (χ2v) is 21.9. The minimum atomic E-state index is -1.40. The van der Waals surface area contributed by atoms with Crippen LogP contribution in [-0.4, -0.2) is 100 Å². The molecule has 12 atom stereocenters. The molecule has 0 aromatic rings. The average Bonchev–Trinajstić information content (AvgIpc) is 4.28. The van der Waals surface area contributed by atoms with Crippen LogP contribution >= 0.6 is 0 Å². The summed E-state index contributed by atoms with van der Waals surface area (Å²) < 4.78 is 17.8. The summed E-state index contributed by atoms with van der Waals surface area (Å²) in [5.41, 5.74) is 1.01. The van der Waals surface area contributed by atoms with Gasteiger partial charge < -0.3 is 45.1 Å². The molecule has 1 heterocycles. The van der Waals surface area contributed by atoms with E-state index in [2.05, 4.69) is 43.5 Å². The predicted molar refractivity (Wildman–Crippen MR) is 283 cm³/mol. The highest BCUT2D eigenvalue weighted by atomic mass is 16.7. The molecule has 1 aliphatic heterocycles. The van der Waals surface area contributed by atoms with Crippen molar-refractivity contribution in [2.75, 3.05) is 19.8 Å². The molecule has 10 heteroatoms. The monoisotopic (exact) mass is 974 g/mol. The number of aliphatic hydroxyl groups is 5. The number of hydrogen-bond donors (Lipinski definition) is 6. The van der Waals surface area contributed by atoms with E-state index in [1.807, 2.05) is 19.9 Å². The Morgan fingerprint density at radius 2 is 1.07 bits per heavy atom. The second kappa shape index (κ2) is 38.9. The van der Waals surface area contributed by atoms with E-state index < -0.39 is 61.5 Å². The van der Waals surface area contributed by atoms with Crippen LogP contribution in [0.25, 0.3) is 0 Å². The van der Waals surface area contributed by atoms with Gasteiger partial charge in [0.05, 0.1) is 32.0 Å². The Morgan fingerprint density at radius 1 is 0.609 bits per heavy atom. The van der Waals surface area contributed by atoms with Crippen molar-refractivity contribution in [1.82, 2.24) is 5.32 Å². The molecular formula is C59H107NO9. The largest absolute Gasteiger partial charge is 0.394 e. The number of unbranched alkanes of at least 4 members (excludes halogenated alkanes) is 19. The smallest absolute Gasteiger partial charge is 0.249 e. The third-order valence-electron chi connectivity index (χ3n) is 15.3. The number of carbonyl (C=O) groups excluding carboxylic acids is 1. The molecule has 6 N–H and O–H groups in total. The molecule has 2 aliphatic carbocycles. The number of rotatable bonds is 45. The number of allylic oxidation sites excluding steroid dienone is 5. The molecule has 3 aliphatic rings. The summed E-state index contributed by atoms with van der Waals surface area (Å²) in [6, 6.07) is -0.890. The lowest BCUT2D eigenvalue weighted by molar-refractivity contribution is -0.310. The Morgan fingerprint density at radius 3 is 1.57 bits per heavy atom. The van der Waals surface area contributed by atoms with Gasteiger partial charge in [-0.3, -0.25) is 4.79 Å². The molecule has 0 radical (unpaired) electrons. The van der Waals surface area contributed by atoms with E-state index in [9.17, 15) is 30.3 Å². The Bertz CT molecular complexity index is 1350. The van der Waals surface area contributed by atoms with Gasteiger partial charge in [0.25, 0.3) is 0 Å². The fraction of sp³-hybridized carbons (Fsp3) is 0.881. The Hall–Kier alpha value is -1.63. The number of ether oxygens (including phenoxy) is 3. The predicted octanol–water partition coefficient (Wildman–Crippen LogP) is 12.5. The molecule has 69 heavy (non-hydrogen) atoms. The quantitative estimate of drug-likeness (QED) is 0.0258. The molecule has 3 fully saturated rings. The highest BCUT2D eigenvalue weighted by Gasteiger charge is 2.46. The lowest BCUT2D eigenvalue weighted by Gasteiger charge is -2.42. The fourth-order valence-electron chi connectivity index (χ4n) is 10.4. The number of nitrogens with one attached hydrogen (secondary N) is 1. The van der Waals surface area contributed by atoms with Gasteiger partial charge in [-0.15, -0.1) is 0 Å². The highest BCUT2D eigenvalue weighted by Crippen LogP contribution is 2.46. The van der Waals surface area contributed by atoms with E-state index in [-0.39, 0.29) is 19.6 Å². The van der Waals surface area contributed by atoms with Gasteiger partial charge >= 0.3 is 0 Å². The topological polar surface area (TPSA) is 158 Å². The first-order valence-electron chi connectivity index (χ1n) is 29.0. The van der Waals surface area contributed by atoms with Crippen LogP contribution in [0.4, 0.5) is 0 Å². The van der Waals surface area contributed by atoms with Gasteiger partial charge in [-0.05, 0) is 108 Å². The summed E-state index contributed by atoms with van der Waals surface area (Å²) in [4.78, 5) is 13.4. The van der Waals surface area contributed by atoms with Gasteiger partial charge in [0.1, 0.15) is 30.5 Å². The van der Waals surface area contributed by atoms with Crippen molar-refractivity contribution in [2.24, 2.45) is 23.7 Å². The Kier molecular flexibility index (Phi) is 34.8. The molecule has 0 aromatic heterocycles. The minimum absolute atomic E-state index is 0.140. The molecule has 0 aromatic carbocycles. The number of hydrogen-bond acceptors (Lipinski definition) is 9. The second-order valence-electron chi connectivity index (χ2n) is 21.9. The van der Waals surface area contributed by atoms with Gasteiger partial charge in [0.15, 0.2) is 6.29 Å². The molecule has 1 amide bonds. The normalized spacial score (nSPS) is 25.8. The Balaban J connectivity index is 1.37. The molecule has 1 saturated heterocycles. The first-order valence-corrected chi connectivity index (χ1v) is 29.0. The zero-order chi connectivity index (χ0) is 49.9. The molecule has 402 valence electrons. The number of aliphatic hydroxyl groups excluding tert-OH is 5. The molecule has 10 nitrogen and oxygen atoms in total. The average molecular weight is 975 g/mol. The summed E-state index contributed by atoms with van der Waals surface area (Å²) in [5, 5.41) is 56.6. The van der Waals surface area contributed by atoms with Gasteiger partial charge in [0.2, 0.25) is 5.91 Å². The van der Waals surface area contributed by atoms with Gasteiger partial charge in [-0.25, -0.2) is 0 Å². The summed E-state index contributed by atoms with van der Waals surface area (Å²) >= 11 is 0. The summed E-state index contributed by atoms with van der Waals surface area (Å²) in [5.74, 6) is 3.24. The third-order valence-corrected chi connectivity index (χ3v) is 15.3. The van der Waals surface area contributed by atoms with Gasteiger partial charge in [0, 0.05) is 0 Å². The summed E-state index contributed by atoms with van der Waals surface area (Å²) in [6.07, 6.45) is 42.4. The van der Waals surface area contributed by atoms with Crippen molar-refractivity contribution in [2.45, 2.75) is 289 Å². The van der Waals surface area contributed by atoms with Crippen LogP contribution < -0.4 is 5.32 Å². The van der Waals surface area contributed by atoms with Gasteiger partial charge in [-0.1, -0.05) is 191 Å². The van der Waals surface area contributed by atoms with Crippen molar-refractivity contribution in [3.8, 4) is 0 Å². The van der Waals surface area contributed by atoms with E-state index in [1.54, 1.807) is 0 Å². The molecule has 2 saturated carbocycles. The zero-order valence-corrected chi connectivity index (χ0v) is 44.6. The van der Waals surface area contributed by atoms with Crippen LogP contribution in [0, 0.1) is 23.7 Å². The maximum Gasteiger partial charge on any atom is 0.249 e. The minimum Gasteiger partial charge on any atom is -0.394 e. The van der Waals surface area contributed by atoms with E-state index in [0.29, 0.717) is 19.3 Å². The van der Waals surface area contributed by atoms with Crippen LogP contribution in [-0.2, 0) is 19.0 Å².